The van der Waals surface area contributed by atoms with Gasteiger partial charge in [0.15, 0.2) is 10.9 Å². The monoisotopic (exact) mass is 480 g/mol. The summed E-state index contributed by atoms with van der Waals surface area (Å²) < 4.78 is 1.75. The Hall–Kier alpha value is -2.39. The predicted octanol–water partition coefficient (Wildman–Crippen LogP) is 4.89. The van der Waals surface area contributed by atoms with Crippen LogP contribution in [0.5, 0.6) is 0 Å². The van der Waals surface area contributed by atoms with E-state index in [4.69, 9.17) is 12.2 Å². The van der Waals surface area contributed by atoms with Crippen molar-refractivity contribution in [1.82, 2.24) is 25.1 Å². The fourth-order valence-electron chi connectivity index (χ4n) is 6.89. The number of aromatic nitrogens is 4. The van der Waals surface area contributed by atoms with Gasteiger partial charge in [-0.05, 0) is 99.4 Å². The Kier molecular flexibility index (Phi) is 5.03. The lowest BCUT2D eigenvalue weighted by molar-refractivity contribution is -0.127. The maximum absolute atomic E-state index is 12.9. The first kappa shape index (κ1) is 21.2. The number of aryl methyl sites for hydroxylation is 2. The van der Waals surface area contributed by atoms with Gasteiger partial charge < -0.3 is 10.6 Å². The molecule has 0 unspecified atom stereocenters. The van der Waals surface area contributed by atoms with E-state index in [2.05, 4.69) is 25.9 Å². The molecule has 0 spiro atoms. The van der Waals surface area contributed by atoms with E-state index in [-0.39, 0.29) is 11.3 Å². The smallest absolute Gasteiger partial charge is 0.234 e. The number of thiocarbonyl (C=S) groups is 1. The van der Waals surface area contributed by atoms with E-state index < -0.39 is 0 Å². The number of hydrogen-bond acceptors (Lipinski definition) is 6. The first-order chi connectivity index (χ1) is 15.9. The zero-order valence-corrected chi connectivity index (χ0v) is 20.6. The Morgan fingerprint density at radius 2 is 1.85 bits per heavy atom. The zero-order valence-electron chi connectivity index (χ0n) is 18.9. The van der Waals surface area contributed by atoms with Crippen LogP contribution in [-0.2, 0) is 4.79 Å². The Morgan fingerprint density at radius 1 is 1.15 bits per heavy atom. The lowest BCUT2D eigenvalue weighted by Crippen LogP contribution is -2.48. The predicted molar refractivity (Wildman–Crippen MR) is 133 cm³/mol. The molecule has 0 radical (unpaired) electrons. The van der Waals surface area contributed by atoms with Gasteiger partial charge in [0.2, 0.25) is 10.9 Å². The Balaban J connectivity index is 1.13. The number of fused-ring (bicyclic) bond motifs is 1. The van der Waals surface area contributed by atoms with Gasteiger partial charge in [-0.2, -0.15) is 9.61 Å². The molecule has 7 rings (SSSR count). The SMILES string of the molecule is Cc1ccc(-c2nn3c(C)nnc3s2)cc1NC(=S)NC(=O)CC12CC3CC(CC(C3)C1)C2. The number of amides is 1. The van der Waals surface area contributed by atoms with Crippen LogP contribution in [0.4, 0.5) is 5.69 Å². The minimum absolute atomic E-state index is 0.0485. The topological polar surface area (TPSA) is 84.2 Å². The zero-order chi connectivity index (χ0) is 22.7. The molecule has 1 amide bonds. The summed E-state index contributed by atoms with van der Waals surface area (Å²) in [6.07, 6.45) is 8.43. The van der Waals surface area contributed by atoms with Crippen LogP contribution in [0.3, 0.4) is 0 Å². The van der Waals surface area contributed by atoms with Crippen LogP contribution in [0.25, 0.3) is 15.5 Å². The Bertz CT molecular complexity index is 1230. The highest BCUT2D eigenvalue weighted by atomic mass is 32.1. The minimum Gasteiger partial charge on any atom is -0.332 e. The second-order valence-corrected chi connectivity index (χ2v) is 11.8. The van der Waals surface area contributed by atoms with Crippen LogP contribution in [-0.4, -0.2) is 30.8 Å². The van der Waals surface area contributed by atoms with Crippen molar-refractivity contribution in [3.63, 3.8) is 0 Å². The van der Waals surface area contributed by atoms with Crippen molar-refractivity contribution in [2.24, 2.45) is 23.2 Å². The number of carbonyl (C=O) groups is 1. The van der Waals surface area contributed by atoms with Gasteiger partial charge in [0.05, 0.1) is 0 Å². The second kappa shape index (κ2) is 7.84. The van der Waals surface area contributed by atoms with Crippen molar-refractivity contribution in [2.75, 3.05) is 5.32 Å². The average molecular weight is 481 g/mol. The molecule has 4 aliphatic rings. The summed E-state index contributed by atoms with van der Waals surface area (Å²) in [7, 11) is 0. The molecular weight excluding hydrogens is 452 g/mol. The molecule has 2 aromatic heterocycles. The largest absolute Gasteiger partial charge is 0.332 e. The summed E-state index contributed by atoms with van der Waals surface area (Å²) >= 11 is 7.01. The highest BCUT2D eigenvalue weighted by Crippen LogP contribution is 2.61. The van der Waals surface area contributed by atoms with E-state index in [0.717, 1.165) is 50.4 Å². The van der Waals surface area contributed by atoms with Crippen LogP contribution < -0.4 is 10.6 Å². The highest BCUT2D eigenvalue weighted by Gasteiger charge is 2.51. The van der Waals surface area contributed by atoms with Crippen molar-refractivity contribution in [3.8, 4) is 10.6 Å². The third-order valence-electron chi connectivity index (χ3n) is 7.83. The number of carbonyl (C=O) groups excluding carboxylic acids is 1. The van der Waals surface area contributed by atoms with Gasteiger partial charge in [0.25, 0.3) is 0 Å². The molecule has 4 aliphatic carbocycles. The van der Waals surface area contributed by atoms with E-state index >= 15 is 0 Å². The average Bonchev–Trinajstić information content (AvgIpc) is 3.30. The van der Waals surface area contributed by atoms with E-state index in [0.29, 0.717) is 11.5 Å². The molecule has 2 N–H and O–H groups in total. The van der Waals surface area contributed by atoms with Crippen LogP contribution in [0, 0.1) is 37.0 Å². The lowest BCUT2D eigenvalue weighted by Gasteiger charge is -2.56. The summed E-state index contributed by atoms with van der Waals surface area (Å²) in [5.74, 6) is 3.33. The Morgan fingerprint density at radius 3 is 2.52 bits per heavy atom. The van der Waals surface area contributed by atoms with E-state index in [9.17, 15) is 4.79 Å². The first-order valence-electron chi connectivity index (χ1n) is 11.8. The van der Waals surface area contributed by atoms with Crippen molar-refractivity contribution < 1.29 is 4.79 Å². The normalized spacial score (nSPS) is 27.8. The molecule has 0 saturated heterocycles. The molecule has 4 bridgehead atoms. The lowest BCUT2D eigenvalue weighted by atomic mass is 9.49. The number of benzene rings is 1. The molecule has 0 aliphatic heterocycles. The molecule has 7 nitrogen and oxygen atoms in total. The Labute approximate surface area is 202 Å². The van der Waals surface area contributed by atoms with Crippen molar-refractivity contribution in [1.29, 1.82) is 0 Å². The molecule has 2 heterocycles. The maximum atomic E-state index is 12.9. The number of anilines is 1. The number of hydrogen-bond donors (Lipinski definition) is 2. The van der Waals surface area contributed by atoms with Crippen molar-refractivity contribution >= 4 is 45.2 Å². The molecular formula is C24H28N6OS2. The fourth-order valence-corrected chi connectivity index (χ4v) is 8.00. The summed E-state index contributed by atoms with van der Waals surface area (Å²) in [5, 5.41) is 20.2. The molecule has 3 aromatic rings. The van der Waals surface area contributed by atoms with E-state index in [1.165, 1.54) is 49.9 Å². The second-order valence-electron chi connectivity index (χ2n) is 10.5. The third-order valence-corrected chi connectivity index (χ3v) is 8.99. The van der Waals surface area contributed by atoms with Gasteiger partial charge in [-0.1, -0.05) is 23.5 Å². The molecule has 4 saturated carbocycles. The summed E-state index contributed by atoms with van der Waals surface area (Å²) in [4.78, 5) is 13.7. The molecule has 9 heteroatoms. The van der Waals surface area contributed by atoms with Crippen LogP contribution in [0.15, 0.2) is 18.2 Å². The van der Waals surface area contributed by atoms with Crippen LogP contribution in [0.1, 0.15) is 56.3 Å². The quantitative estimate of drug-likeness (QED) is 0.517. The maximum Gasteiger partial charge on any atom is 0.234 e. The third kappa shape index (κ3) is 3.95. The van der Waals surface area contributed by atoms with Gasteiger partial charge in [-0.25, -0.2) is 0 Å². The van der Waals surface area contributed by atoms with Gasteiger partial charge >= 0.3 is 0 Å². The van der Waals surface area contributed by atoms with Crippen LogP contribution in [0.2, 0.25) is 0 Å². The first-order valence-corrected chi connectivity index (χ1v) is 13.0. The van der Waals surface area contributed by atoms with Gasteiger partial charge in [0, 0.05) is 17.7 Å². The molecule has 0 atom stereocenters. The van der Waals surface area contributed by atoms with Crippen molar-refractivity contribution in [3.05, 3.63) is 29.6 Å². The van der Waals surface area contributed by atoms with Gasteiger partial charge in [0.1, 0.15) is 5.01 Å². The summed E-state index contributed by atoms with van der Waals surface area (Å²) in [5.41, 5.74) is 3.10. The van der Waals surface area contributed by atoms with Crippen LogP contribution >= 0.6 is 23.6 Å². The molecule has 4 fully saturated rings. The standard InChI is InChI=1S/C24H28N6OS2/c1-13-3-4-18(21-29-30-14(2)27-28-23(30)33-21)8-19(13)25-22(32)26-20(31)12-24-9-15-5-16(10-24)7-17(6-15)11-24/h3-4,8,15-17H,5-7,9-12H2,1-2H3,(H2,25,26,31,32). The number of nitrogens with one attached hydrogen (secondary N) is 2. The molecule has 172 valence electrons. The number of nitrogens with zero attached hydrogens (tertiary/aromatic N) is 4. The molecule has 1 aromatic carbocycles. The highest BCUT2D eigenvalue weighted by molar-refractivity contribution is 7.80. The van der Waals surface area contributed by atoms with Crippen molar-refractivity contribution in [2.45, 2.75) is 58.8 Å². The van der Waals surface area contributed by atoms with Gasteiger partial charge in [-0.15, -0.1) is 10.2 Å². The minimum atomic E-state index is 0.0485. The molecule has 33 heavy (non-hydrogen) atoms. The summed E-state index contributed by atoms with van der Waals surface area (Å²) in [6.45, 7) is 3.91. The van der Waals surface area contributed by atoms with E-state index in [1.807, 2.05) is 32.0 Å². The summed E-state index contributed by atoms with van der Waals surface area (Å²) in [6, 6.07) is 6.09. The number of rotatable bonds is 4. The van der Waals surface area contributed by atoms with Gasteiger partial charge in [-0.3, -0.25) is 4.79 Å². The fraction of sp³-hybridized carbons (Fsp3) is 0.542. The van der Waals surface area contributed by atoms with E-state index in [1.54, 1.807) is 4.52 Å².